The Morgan fingerprint density at radius 3 is 1.08 bits per heavy atom. The summed E-state index contributed by atoms with van der Waals surface area (Å²) in [6.45, 7) is 2.38. The van der Waals surface area contributed by atoms with E-state index in [1.54, 1.807) is 0 Å². The van der Waals surface area contributed by atoms with Gasteiger partial charge in [-0.2, -0.15) is 0 Å². The molecule has 4 N–H and O–H groups in total. The van der Waals surface area contributed by atoms with Crippen LogP contribution in [-0.2, 0) is 0 Å². The maximum atomic E-state index is 3.45. The zero-order valence-corrected chi connectivity index (χ0v) is 15.2. The van der Waals surface area contributed by atoms with Crippen molar-refractivity contribution >= 4 is 37.6 Å². The molecular formula is C18H20N4P2. The molecule has 4 aromatic rings. The highest BCUT2D eigenvalue weighted by atomic mass is 31.2. The number of aromatic amines is 4. The zero-order chi connectivity index (χ0) is 16.4. The van der Waals surface area contributed by atoms with Crippen LogP contribution in [0.5, 0.6) is 0 Å². The molecule has 4 heterocycles. The molecule has 0 unspecified atom stereocenters. The molecular weight excluding hydrogens is 334 g/mol. The van der Waals surface area contributed by atoms with Gasteiger partial charge in [0.1, 0.15) is 0 Å². The molecule has 0 bridgehead atoms. The minimum atomic E-state index is -0.509. The van der Waals surface area contributed by atoms with Crippen LogP contribution in [0.2, 0.25) is 0 Å². The second-order valence-electron chi connectivity index (χ2n) is 5.59. The summed E-state index contributed by atoms with van der Waals surface area (Å²) in [5.74, 6) is 0. The lowest BCUT2D eigenvalue weighted by Crippen LogP contribution is -2.27. The van der Waals surface area contributed by atoms with Crippen LogP contribution in [0.15, 0.2) is 73.3 Å². The van der Waals surface area contributed by atoms with Crippen molar-refractivity contribution in [2.75, 3.05) is 0 Å². The minimum absolute atomic E-state index is 0.476. The molecule has 0 spiro atoms. The molecule has 6 heteroatoms. The molecule has 0 aliphatic carbocycles. The first-order chi connectivity index (χ1) is 11.8. The summed E-state index contributed by atoms with van der Waals surface area (Å²) in [6.07, 6.45) is 8.08. The molecule has 0 aromatic carbocycles. The van der Waals surface area contributed by atoms with Crippen LogP contribution in [0.4, 0.5) is 0 Å². The van der Waals surface area contributed by atoms with E-state index in [1.807, 2.05) is 24.8 Å². The topological polar surface area (TPSA) is 63.2 Å². The summed E-state index contributed by atoms with van der Waals surface area (Å²) in [5, 5.41) is 0.476. The van der Waals surface area contributed by atoms with Crippen LogP contribution in [-0.4, -0.2) is 25.3 Å². The Morgan fingerprint density at radius 1 is 0.583 bits per heavy atom. The average Bonchev–Trinajstić information content (AvgIpc) is 3.38. The van der Waals surface area contributed by atoms with E-state index in [0.29, 0.717) is 5.40 Å². The molecule has 24 heavy (non-hydrogen) atoms. The van der Waals surface area contributed by atoms with Gasteiger partial charge in [0.05, 0.1) is 0 Å². The van der Waals surface area contributed by atoms with Crippen molar-refractivity contribution in [2.45, 2.75) is 12.3 Å². The van der Waals surface area contributed by atoms with Crippen LogP contribution < -0.4 is 21.7 Å². The van der Waals surface area contributed by atoms with Crippen LogP contribution in [0.25, 0.3) is 0 Å². The van der Waals surface area contributed by atoms with Crippen LogP contribution >= 0.6 is 15.8 Å². The van der Waals surface area contributed by atoms with Gasteiger partial charge in [0, 0.05) is 51.9 Å². The van der Waals surface area contributed by atoms with Crippen molar-refractivity contribution in [1.29, 1.82) is 0 Å². The maximum absolute atomic E-state index is 3.45. The highest BCUT2D eigenvalue weighted by Gasteiger charge is 2.32. The van der Waals surface area contributed by atoms with Crippen LogP contribution in [0.1, 0.15) is 6.92 Å². The van der Waals surface area contributed by atoms with Gasteiger partial charge in [-0.15, -0.1) is 0 Å². The molecule has 0 amide bonds. The van der Waals surface area contributed by atoms with Crippen molar-refractivity contribution < 1.29 is 0 Å². The van der Waals surface area contributed by atoms with Crippen molar-refractivity contribution in [3.8, 4) is 0 Å². The Balaban J connectivity index is 1.79. The smallest absolute Gasteiger partial charge is 0.0451 e. The number of hydrogen-bond acceptors (Lipinski definition) is 0. The summed E-state index contributed by atoms with van der Waals surface area (Å²) < 4.78 is 0. The fourth-order valence-corrected chi connectivity index (χ4v) is 9.45. The fraction of sp³-hybridized carbons (Fsp3) is 0.111. The summed E-state index contributed by atoms with van der Waals surface area (Å²) in [4.78, 5) is 13.8. The molecule has 4 aromatic heterocycles. The number of nitrogens with one attached hydrogen (secondary N) is 4. The molecule has 122 valence electrons. The number of H-pyrrole nitrogens is 4. The third-order valence-corrected chi connectivity index (χ3v) is 10.2. The van der Waals surface area contributed by atoms with Gasteiger partial charge < -0.3 is 19.9 Å². The highest BCUT2D eigenvalue weighted by Crippen LogP contribution is 2.54. The van der Waals surface area contributed by atoms with E-state index in [9.17, 15) is 0 Å². The predicted molar refractivity (Wildman–Crippen MR) is 105 cm³/mol. The van der Waals surface area contributed by atoms with Crippen molar-refractivity contribution in [1.82, 2.24) is 19.9 Å². The largest absolute Gasteiger partial charge is 0.361 e. The van der Waals surface area contributed by atoms with Crippen molar-refractivity contribution in [2.24, 2.45) is 0 Å². The van der Waals surface area contributed by atoms with Crippen molar-refractivity contribution in [3.05, 3.63) is 73.3 Å². The highest BCUT2D eigenvalue weighted by molar-refractivity contribution is 7.89. The maximum Gasteiger partial charge on any atom is 0.0451 e. The predicted octanol–water partition coefficient (Wildman–Crippen LogP) is 2.91. The van der Waals surface area contributed by atoms with Crippen LogP contribution in [0, 0.1) is 0 Å². The molecule has 0 aliphatic heterocycles. The third kappa shape index (κ3) is 2.88. The normalized spacial score (nSPS) is 11.8. The molecule has 0 atom stereocenters. The second-order valence-corrected chi connectivity index (χ2v) is 11.0. The van der Waals surface area contributed by atoms with E-state index in [1.165, 1.54) is 21.7 Å². The van der Waals surface area contributed by atoms with Gasteiger partial charge in [0.2, 0.25) is 0 Å². The van der Waals surface area contributed by atoms with Crippen LogP contribution in [0.3, 0.4) is 0 Å². The Hall–Kier alpha value is -2.02. The average molecular weight is 354 g/mol. The van der Waals surface area contributed by atoms with E-state index in [-0.39, 0.29) is 0 Å². The van der Waals surface area contributed by atoms with E-state index < -0.39 is 15.8 Å². The van der Waals surface area contributed by atoms with E-state index >= 15 is 0 Å². The van der Waals surface area contributed by atoms with E-state index in [0.717, 1.165) is 0 Å². The van der Waals surface area contributed by atoms with E-state index in [2.05, 4.69) is 75.4 Å². The lowest BCUT2D eigenvalue weighted by atomic mass is 10.7. The SMILES string of the molecule is CC(P(c1ccc[nH]1)c1ccc[nH]1)P(c1ccc[nH]1)c1ccc[nH]1. The summed E-state index contributed by atoms with van der Waals surface area (Å²) in [7, 11) is -1.02. The Bertz CT molecular complexity index is 692. The molecule has 4 nitrogen and oxygen atoms in total. The fourth-order valence-electron chi connectivity index (χ4n) is 3.06. The van der Waals surface area contributed by atoms with Gasteiger partial charge >= 0.3 is 0 Å². The van der Waals surface area contributed by atoms with Gasteiger partial charge in [-0.05, 0) is 64.4 Å². The van der Waals surface area contributed by atoms with Gasteiger partial charge in [-0.1, -0.05) is 6.92 Å². The lowest BCUT2D eigenvalue weighted by Gasteiger charge is -2.30. The van der Waals surface area contributed by atoms with Gasteiger partial charge in [-0.25, -0.2) is 0 Å². The number of rotatable bonds is 6. The molecule has 0 aliphatic rings. The summed E-state index contributed by atoms with van der Waals surface area (Å²) in [6, 6.07) is 17.2. The zero-order valence-electron chi connectivity index (χ0n) is 13.4. The number of hydrogen-bond donors (Lipinski definition) is 4. The minimum Gasteiger partial charge on any atom is -0.361 e. The quantitative estimate of drug-likeness (QED) is 0.385. The molecule has 0 saturated carbocycles. The Labute approximate surface area is 143 Å². The molecule has 0 fully saturated rings. The van der Waals surface area contributed by atoms with Gasteiger partial charge in [0.15, 0.2) is 0 Å². The lowest BCUT2D eigenvalue weighted by molar-refractivity contribution is 1.34. The van der Waals surface area contributed by atoms with Crippen molar-refractivity contribution in [3.63, 3.8) is 0 Å². The molecule has 0 saturated heterocycles. The summed E-state index contributed by atoms with van der Waals surface area (Å²) in [5.41, 5.74) is 5.24. The third-order valence-electron chi connectivity index (χ3n) is 4.11. The molecule has 4 rings (SSSR count). The monoisotopic (exact) mass is 354 g/mol. The van der Waals surface area contributed by atoms with E-state index in [4.69, 9.17) is 0 Å². The number of aromatic nitrogens is 4. The van der Waals surface area contributed by atoms with Gasteiger partial charge in [-0.3, -0.25) is 0 Å². The molecule has 0 radical (unpaired) electrons. The first-order valence-corrected chi connectivity index (χ1v) is 10.8. The summed E-state index contributed by atoms with van der Waals surface area (Å²) >= 11 is 0. The first kappa shape index (κ1) is 15.5. The second kappa shape index (κ2) is 6.84. The first-order valence-electron chi connectivity index (χ1n) is 7.96. The Kier molecular flexibility index (Phi) is 4.42. The standard InChI is InChI=1S/C18H20N4P2/c1-14(23(15-6-2-10-19-15)16-7-3-11-20-16)24(17-8-4-12-21-17)18-9-5-13-22-18/h2-14,19-22H,1H3. The van der Waals surface area contributed by atoms with Gasteiger partial charge in [0.25, 0.3) is 0 Å². The Morgan fingerprint density at radius 2 is 0.875 bits per heavy atom.